The molecule has 21 heavy (non-hydrogen) atoms. The largest absolute Gasteiger partial charge is 0.381 e. The maximum Gasteiger partial charge on any atom is 0.178 e. The molecule has 0 saturated carbocycles. The average Bonchev–Trinajstić information content (AvgIpc) is 2.53. The van der Waals surface area contributed by atoms with Crippen molar-refractivity contribution in [2.75, 3.05) is 19.0 Å². The third kappa shape index (κ3) is 3.75. The van der Waals surface area contributed by atoms with Gasteiger partial charge in [-0.1, -0.05) is 24.2 Å². The van der Waals surface area contributed by atoms with Crippen molar-refractivity contribution in [2.24, 2.45) is 11.0 Å². The van der Waals surface area contributed by atoms with Gasteiger partial charge in [-0.3, -0.25) is 0 Å². The number of hydrogen-bond acceptors (Lipinski definition) is 4. The lowest BCUT2D eigenvalue weighted by Crippen LogP contribution is -2.21. The van der Waals surface area contributed by atoms with Gasteiger partial charge >= 0.3 is 0 Å². The van der Waals surface area contributed by atoms with Crippen molar-refractivity contribution in [2.45, 2.75) is 30.7 Å². The van der Waals surface area contributed by atoms with Gasteiger partial charge in [-0.2, -0.15) is 0 Å². The van der Waals surface area contributed by atoms with Crippen LogP contribution in [0.25, 0.3) is 10.4 Å². The van der Waals surface area contributed by atoms with Gasteiger partial charge in [0.15, 0.2) is 9.84 Å². The Morgan fingerprint density at radius 3 is 2.76 bits per heavy atom. The van der Waals surface area contributed by atoms with Crippen molar-refractivity contribution >= 4 is 9.84 Å². The SMILES string of the molecule is CCS(=O)(=O)c1cccc(C(N=[N+]=[N-])C2CCOCC2)c1. The van der Waals surface area contributed by atoms with E-state index in [2.05, 4.69) is 10.0 Å². The minimum atomic E-state index is -3.26. The van der Waals surface area contributed by atoms with Crippen LogP contribution in [0.15, 0.2) is 34.3 Å². The van der Waals surface area contributed by atoms with Crippen molar-refractivity contribution in [3.05, 3.63) is 40.3 Å². The highest BCUT2D eigenvalue weighted by molar-refractivity contribution is 7.91. The first-order valence-corrected chi connectivity index (χ1v) is 8.68. The lowest BCUT2D eigenvalue weighted by molar-refractivity contribution is 0.0584. The quantitative estimate of drug-likeness (QED) is 0.474. The van der Waals surface area contributed by atoms with E-state index in [4.69, 9.17) is 10.3 Å². The van der Waals surface area contributed by atoms with Gasteiger partial charge in [-0.15, -0.1) is 0 Å². The Labute approximate surface area is 124 Å². The third-order valence-electron chi connectivity index (χ3n) is 3.83. The van der Waals surface area contributed by atoms with Crippen molar-refractivity contribution in [3.63, 3.8) is 0 Å². The number of azide groups is 1. The van der Waals surface area contributed by atoms with E-state index in [0.717, 1.165) is 18.4 Å². The van der Waals surface area contributed by atoms with Crippen molar-refractivity contribution in [3.8, 4) is 0 Å². The Balaban J connectivity index is 2.36. The Kier molecular flexibility index (Phi) is 5.22. The van der Waals surface area contributed by atoms with Crippen LogP contribution in [0.4, 0.5) is 0 Å². The number of ether oxygens (including phenoxy) is 1. The minimum absolute atomic E-state index is 0.0555. The molecule has 2 rings (SSSR count). The molecule has 6 nitrogen and oxygen atoms in total. The molecule has 0 N–H and O–H groups in total. The number of nitrogens with zero attached hydrogens (tertiary/aromatic N) is 3. The van der Waals surface area contributed by atoms with Gasteiger partial charge in [0, 0.05) is 18.1 Å². The van der Waals surface area contributed by atoms with E-state index in [0.29, 0.717) is 13.2 Å². The summed E-state index contributed by atoms with van der Waals surface area (Å²) in [4.78, 5) is 3.22. The predicted molar refractivity (Wildman–Crippen MR) is 79.6 cm³/mol. The molecule has 0 aromatic heterocycles. The van der Waals surface area contributed by atoms with Gasteiger partial charge in [0.2, 0.25) is 0 Å². The maximum absolute atomic E-state index is 12.0. The summed E-state index contributed by atoms with van der Waals surface area (Å²) in [6.07, 6.45) is 1.63. The first-order valence-electron chi connectivity index (χ1n) is 7.03. The zero-order chi connectivity index (χ0) is 15.3. The van der Waals surface area contributed by atoms with Crippen LogP contribution in [0, 0.1) is 5.92 Å². The summed E-state index contributed by atoms with van der Waals surface area (Å²) in [5.74, 6) is 0.245. The van der Waals surface area contributed by atoms with Crippen molar-refractivity contribution in [1.29, 1.82) is 0 Å². The molecule has 0 amide bonds. The van der Waals surface area contributed by atoms with Crippen LogP contribution in [-0.2, 0) is 14.6 Å². The smallest absolute Gasteiger partial charge is 0.178 e. The molecular weight excluding hydrogens is 290 g/mol. The number of benzene rings is 1. The van der Waals surface area contributed by atoms with E-state index < -0.39 is 9.84 Å². The second-order valence-electron chi connectivity index (χ2n) is 5.08. The predicted octanol–water partition coefficient (Wildman–Crippen LogP) is 3.26. The van der Waals surface area contributed by atoms with Crippen LogP contribution in [-0.4, -0.2) is 27.4 Å². The highest BCUT2D eigenvalue weighted by Gasteiger charge is 2.25. The zero-order valence-corrected chi connectivity index (χ0v) is 12.8. The Morgan fingerprint density at radius 2 is 2.14 bits per heavy atom. The molecule has 1 aliphatic heterocycles. The molecule has 1 fully saturated rings. The van der Waals surface area contributed by atoms with Crippen LogP contribution in [0.1, 0.15) is 31.4 Å². The molecule has 114 valence electrons. The second-order valence-corrected chi connectivity index (χ2v) is 7.35. The van der Waals surface area contributed by atoms with E-state index in [1.165, 1.54) is 0 Å². The van der Waals surface area contributed by atoms with Crippen LogP contribution in [0.5, 0.6) is 0 Å². The topological polar surface area (TPSA) is 92.1 Å². The molecule has 1 heterocycles. The minimum Gasteiger partial charge on any atom is -0.381 e. The molecule has 1 atom stereocenters. The van der Waals surface area contributed by atoms with E-state index >= 15 is 0 Å². The summed E-state index contributed by atoms with van der Waals surface area (Å²) in [5, 5.41) is 3.90. The zero-order valence-electron chi connectivity index (χ0n) is 12.0. The van der Waals surface area contributed by atoms with Gasteiger partial charge in [0.1, 0.15) is 0 Å². The van der Waals surface area contributed by atoms with Crippen LogP contribution >= 0.6 is 0 Å². The van der Waals surface area contributed by atoms with Crippen molar-refractivity contribution in [1.82, 2.24) is 0 Å². The van der Waals surface area contributed by atoms with Gasteiger partial charge < -0.3 is 4.74 Å². The number of sulfone groups is 1. The van der Waals surface area contributed by atoms with Gasteiger partial charge in [-0.05, 0) is 42.0 Å². The normalized spacial score (nSPS) is 18.0. The van der Waals surface area contributed by atoms with Crippen LogP contribution < -0.4 is 0 Å². The molecule has 1 aromatic carbocycles. The molecule has 0 radical (unpaired) electrons. The molecule has 1 aliphatic rings. The maximum atomic E-state index is 12.0. The fourth-order valence-electron chi connectivity index (χ4n) is 2.58. The summed E-state index contributed by atoms with van der Waals surface area (Å²) in [7, 11) is -3.26. The Hall–Kier alpha value is -1.56. The van der Waals surface area contributed by atoms with Gasteiger partial charge in [0.25, 0.3) is 0 Å². The molecule has 0 spiro atoms. The summed E-state index contributed by atoms with van der Waals surface area (Å²) in [6, 6.07) is 6.40. The molecule has 0 bridgehead atoms. The number of hydrogen-bond donors (Lipinski definition) is 0. The van der Waals surface area contributed by atoms with Gasteiger partial charge in [0.05, 0.1) is 16.7 Å². The fourth-order valence-corrected chi connectivity index (χ4v) is 3.51. The monoisotopic (exact) mass is 309 g/mol. The van der Waals surface area contributed by atoms with E-state index in [-0.39, 0.29) is 22.6 Å². The number of rotatable bonds is 5. The fraction of sp³-hybridized carbons (Fsp3) is 0.571. The van der Waals surface area contributed by atoms with E-state index in [1.807, 2.05) is 6.07 Å². The molecule has 1 unspecified atom stereocenters. The highest BCUT2D eigenvalue weighted by atomic mass is 32.2. The van der Waals surface area contributed by atoms with Crippen molar-refractivity contribution < 1.29 is 13.2 Å². The molecule has 1 saturated heterocycles. The summed E-state index contributed by atoms with van der Waals surface area (Å²) in [5.41, 5.74) is 9.57. The third-order valence-corrected chi connectivity index (χ3v) is 5.56. The summed E-state index contributed by atoms with van der Waals surface area (Å²) < 4.78 is 29.3. The lowest BCUT2D eigenvalue weighted by atomic mass is 9.88. The standard InChI is InChI=1S/C14H19N3O3S/c1-2-21(18,19)13-5-3-4-12(10-13)14(16-17-15)11-6-8-20-9-7-11/h3-5,10-11,14H,2,6-9H2,1H3. The Morgan fingerprint density at radius 1 is 1.43 bits per heavy atom. The molecule has 7 heteroatoms. The summed E-state index contributed by atoms with van der Waals surface area (Å²) >= 11 is 0. The average molecular weight is 309 g/mol. The lowest BCUT2D eigenvalue weighted by Gasteiger charge is -2.27. The first kappa shape index (κ1) is 15.8. The molecule has 0 aliphatic carbocycles. The van der Waals surface area contributed by atoms with Gasteiger partial charge in [-0.25, -0.2) is 8.42 Å². The van der Waals surface area contributed by atoms with Crippen LogP contribution in [0.3, 0.4) is 0 Å². The molecular formula is C14H19N3O3S. The second kappa shape index (κ2) is 6.93. The Bertz CT molecular complexity index is 633. The molecule has 1 aromatic rings. The first-order chi connectivity index (χ1) is 10.1. The van der Waals surface area contributed by atoms with E-state index in [9.17, 15) is 8.42 Å². The summed E-state index contributed by atoms with van der Waals surface area (Å²) in [6.45, 7) is 2.91. The van der Waals surface area contributed by atoms with Crippen LogP contribution in [0.2, 0.25) is 0 Å². The highest BCUT2D eigenvalue weighted by Crippen LogP contribution is 2.34. The van der Waals surface area contributed by atoms with E-state index in [1.54, 1.807) is 25.1 Å².